The van der Waals surface area contributed by atoms with Crippen molar-refractivity contribution < 1.29 is 4.79 Å². The number of likely N-dealkylation sites (tertiary alicyclic amines) is 1. The van der Waals surface area contributed by atoms with E-state index in [9.17, 15) is 4.79 Å². The van der Waals surface area contributed by atoms with Crippen molar-refractivity contribution in [3.63, 3.8) is 0 Å². The lowest BCUT2D eigenvalue weighted by atomic mass is 10.0. The van der Waals surface area contributed by atoms with Crippen LogP contribution in [0.15, 0.2) is 42.5 Å². The quantitative estimate of drug-likeness (QED) is 0.934. The molecule has 0 aromatic heterocycles. The van der Waals surface area contributed by atoms with Gasteiger partial charge in [-0.25, -0.2) is 0 Å². The van der Waals surface area contributed by atoms with Gasteiger partial charge in [0.2, 0.25) is 0 Å². The molecule has 3 heteroatoms. The normalized spacial score (nSPS) is 19.0. The molecule has 1 fully saturated rings. The minimum absolute atomic E-state index is 0.0368. The molecule has 0 bridgehead atoms. The molecule has 1 unspecified atom stereocenters. The van der Waals surface area contributed by atoms with Gasteiger partial charge < -0.3 is 5.32 Å². The number of fused-ring (bicyclic) bond motifs is 1. The lowest BCUT2D eigenvalue weighted by Crippen LogP contribution is -2.40. The van der Waals surface area contributed by atoms with Gasteiger partial charge in [0, 0.05) is 18.2 Å². The second kappa shape index (κ2) is 6.27. The van der Waals surface area contributed by atoms with Crippen molar-refractivity contribution >= 4 is 16.7 Å². The summed E-state index contributed by atoms with van der Waals surface area (Å²) in [5.41, 5.74) is 0.772. The molecule has 3 rings (SSSR count). The molecular formula is C18H22N2O. The van der Waals surface area contributed by atoms with Crippen molar-refractivity contribution in [2.45, 2.75) is 25.8 Å². The highest BCUT2D eigenvalue weighted by Crippen LogP contribution is 2.19. The van der Waals surface area contributed by atoms with Crippen molar-refractivity contribution in [2.75, 3.05) is 19.6 Å². The lowest BCUT2D eigenvalue weighted by Gasteiger charge is -2.23. The molecule has 1 saturated heterocycles. The standard InChI is InChI=1S/C18H22N2O/c1-2-20-12-6-9-15(20)13-19-18(21)17-11-5-8-14-7-3-4-10-16(14)17/h3-5,7-8,10-11,15H,2,6,9,12-13H2,1H3,(H,19,21). The fraction of sp³-hybridized carbons (Fsp3) is 0.389. The van der Waals surface area contributed by atoms with Gasteiger partial charge in [-0.15, -0.1) is 0 Å². The molecule has 1 aliphatic heterocycles. The van der Waals surface area contributed by atoms with E-state index in [4.69, 9.17) is 0 Å². The van der Waals surface area contributed by atoms with E-state index in [1.54, 1.807) is 0 Å². The maximum atomic E-state index is 12.5. The van der Waals surface area contributed by atoms with Gasteiger partial charge in [-0.2, -0.15) is 0 Å². The van der Waals surface area contributed by atoms with E-state index >= 15 is 0 Å². The Labute approximate surface area is 125 Å². The van der Waals surface area contributed by atoms with Crippen LogP contribution in [0, 0.1) is 0 Å². The average Bonchev–Trinajstić information content (AvgIpc) is 2.99. The fourth-order valence-corrected chi connectivity index (χ4v) is 3.27. The average molecular weight is 282 g/mol. The van der Waals surface area contributed by atoms with E-state index < -0.39 is 0 Å². The Morgan fingerprint density at radius 2 is 2.05 bits per heavy atom. The molecule has 0 saturated carbocycles. The van der Waals surface area contributed by atoms with Crippen LogP contribution in [0.25, 0.3) is 10.8 Å². The van der Waals surface area contributed by atoms with Crippen molar-refractivity contribution in [3.05, 3.63) is 48.0 Å². The van der Waals surface area contributed by atoms with E-state index in [-0.39, 0.29) is 5.91 Å². The largest absolute Gasteiger partial charge is 0.350 e. The van der Waals surface area contributed by atoms with Gasteiger partial charge in [0.25, 0.3) is 5.91 Å². The summed E-state index contributed by atoms with van der Waals surface area (Å²) in [7, 11) is 0. The number of amides is 1. The van der Waals surface area contributed by atoms with Gasteiger partial charge in [-0.1, -0.05) is 43.3 Å². The van der Waals surface area contributed by atoms with Crippen LogP contribution in [-0.4, -0.2) is 36.5 Å². The summed E-state index contributed by atoms with van der Waals surface area (Å²) in [5, 5.41) is 5.25. The first-order valence-electron chi connectivity index (χ1n) is 7.79. The molecule has 110 valence electrons. The predicted molar refractivity (Wildman–Crippen MR) is 86.6 cm³/mol. The lowest BCUT2D eigenvalue weighted by molar-refractivity contribution is 0.0943. The minimum Gasteiger partial charge on any atom is -0.350 e. The van der Waals surface area contributed by atoms with Crippen LogP contribution >= 0.6 is 0 Å². The molecule has 1 N–H and O–H groups in total. The first kappa shape index (κ1) is 14.1. The second-order valence-corrected chi connectivity index (χ2v) is 5.66. The van der Waals surface area contributed by atoms with Crippen molar-refractivity contribution in [2.24, 2.45) is 0 Å². The van der Waals surface area contributed by atoms with E-state index in [0.717, 1.165) is 36.0 Å². The molecular weight excluding hydrogens is 260 g/mol. The SMILES string of the molecule is CCN1CCCC1CNC(=O)c1cccc2ccccc12. The van der Waals surface area contributed by atoms with Crippen LogP contribution < -0.4 is 5.32 Å². The number of benzene rings is 2. The molecule has 3 nitrogen and oxygen atoms in total. The van der Waals surface area contributed by atoms with Crippen molar-refractivity contribution in [1.82, 2.24) is 10.2 Å². The molecule has 0 aliphatic carbocycles. The van der Waals surface area contributed by atoms with E-state index in [1.807, 2.05) is 42.5 Å². The van der Waals surface area contributed by atoms with Crippen molar-refractivity contribution in [3.8, 4) is 0 Å². The zero-order chi connectivity index (χ0) is 14.7. The summed E-state index contributed by atoms with van der Waals surface area (Å²) in [6.07, 6.45) is 2.42. The number of carbonyl (C=O) groups is 1. The van der Waals surface area contributed by atoms with Crippen LogP contribution in [0.1, 0.15) is 30.1 Å². The Bertz CT molecular complexity index is 633. The second-order valence-electron chi connectivity index (χ2n) is 5.66. The monoisotopic (exact) mass is 282 g/mol. The molecule has 1 heterocycles. The Morgan fingerprint density at radius 3 is 2.90 bits per heavy atom. The van der Waals surface area contributed by atoms with Gasteiger partial charge in [0.15, 0.2) is 0 Å². The van der Waals surface area contributed by atoms with Crippen LogP contribution in [0.4, 0.5) is 0 Å². The Hall–Kier alpha value is -1.87. The third kappa shape index (κ3) is 2.93. The van der Waals surface area contributed by atoms with E-state index in [1.165, 1.54) is 12.8 Å². The molecule has 2 aromatic rings. The zero-order valence-corrected chi connectivity index (χ0v) is 12.5. The number of likely N-dealkylation sites (N-methyl/N-ethyl adjacent to an activating group) is 1. The first-order valence-corrected chi connectivity index (χ1v) is 7.79. The highest BCUT2D eigenvalue weighted by atomic mass is 16.1. The van der Waals surface area contributed by atoms with Gasteiger partial charge in [0.05, 0.1) is 0 Å². The number of rotatable bonds is 4. The zero-order valence-electron chi connectivity index (χ0n) is 12.5. The van der Waals surface area contributed by atoms with Crippen LogP contribution in [-0.2, 0) is 0 Å². The van der Waals surface area contributed by atoms with Crippen LogP contribution in [0.2, 0.25) is 0 Å². The summed E-state index contributed by atoms with van der Waals surface area (Å²) >= 11 is 0. The molecule has 1 amide bonds. The summed E-state index contributed by atoms with van der Waals surface area (Å²) in [6, 6.07) is 14.4. The predicted octanol–water partition coefficient (Wildman–Crippen LogP) is 3.05. The highest BCUT2D eigenvalue weighted by Gasteiger charge is 2.23. The third-order valence-electron chi connectivity index (χ3n) is 4.44. The number of hydrogen-bond acceptors (Lipinski definition) is 2. The van der Waals surface area contributed by atoms with E-state index in [2.05, 4.69) is 17.1 Å². The van der Waals surface area contributed by atoms with Crippen molar-refractivity contribution in [1.29, 1.82) is 0 Å². The fourth-order valence-electron chi connectivity index (χ4n) is 3.27. The van der Waals surface area contributed by atoms with Crippen LogP contribution in [0.5, 0.6) is 0 Å². The van der Waals surface area contributed by atoms with Gasteiger partial charge in [0.1, 0.15) is 0 Å². The molecule has 0 radical (unpaired) electrons. The Morgan fingerprint density at radius 1 is 1.24 bits per heavy atom. The van der Waals surface area contributed by atoms with Crippen LogP contribution in [0.3, 0.4) is 0 Å². The molecule has 1 aliphatic rings. The molecule has 2 aromatic carbocycles. The number of nitrogens with one attached hydrogen (secondary N) is 1. The number of carbonyl (C=O) groups excluding carboxylic acids is 1. The topological polar surface area (TPSA) is 32.3 Å². The van der Waals surface area contributed by atoms with Gasteiger partial charge in [-0.05, 0) is 42.8 Å². The van der Waals surface area contributed by atoms with Gasteiger partial charge >= 0.3 is 0 Å². The number of hydrogen-bond donors (Lipinski definition) is 1. The maximum Gasteiger partial charge on any atom is 0.251 e. The smallest absolute Gasteiger partial charge is 0.251 e. The molecule has 0 spiro atoms. The molecule has 21 heavy (non-hydrogen) atoms. The summed E-state index contributed by atoms with van der Waals surface area (Å²) in [4.78, 5) is 14.9. The molecule has 1 atom stereocenters. The Kier molecular flexibility index (Phi) is 4.20. The summed E-state index contributed by atoms with van der Waals surface area (Å²) < 4.78 is 0. The Balaban J connectivity index is 1.72. The van der Waals surface area contributed by atoms with Gasteiger partial charge in [-0.3, -0.25) is 9.69 Å². The van der Waals surface area contributed by atoms with E-state index in [0.29, 0.717) is 6.04 Å². The maximum absolute atomic E-state index is 12.5. The first-order chi connectivity index (χ1) is 10.3. The summed E-state index contributed by atoms with van der Waals surface area (Å²) in [6.45, 7) is 5.15. The number of nitrogens with zero attached hydrogens (tertiary/aromatic N) is 1. The minimum atomic E-state index is 0.0368. The highest BCUT2D eigenvalue weighted by molar-refractivity contribution is 6.06. The summed E-state index contributed by atoms with van der Waals surface area (Å²) in [5.74, 6) is 0.0368. The third-order valence-corrected chi connectivity index (χ3v) is 4.44.